The summed E-state index contributed by atoms with van der Waals surface area (Å²) in [5, 5.41) is 2.64. The Hall–Kier alpha value is -3.14. The Morgan fingerprint density at radius 2 is 1.48 bits per heavy atom. The fourth-order valence-corrected chi connectivity index (χ4v) is 3.14. The molecule has 1 saturated heterocycles. The van der Waals surface area contributed by atoms with Crippen LogP contribution in [-0.4, -0.2) is 61.1 Å². The fourth-order valence-electron chi connectivity index (χ4n) is 3.14. The molecule has 10 heteroatoms. The van der Waals surface area contributed by atoms with Gasteiger partial charge in [0.15, 0.2) is 12.2 Å². The van der Waals surface area contributed by atoms with Gasteiger partial charge in [-0.05, 0) is 19.1 Å². The summed E-state index contributed by atoms with van der Waals surface area (Å²) in [6.07, 6.45) is -4.47. The summed E-state index contributed by atoms with van der Waals surface area (Å²) in [4.78, 5) is 46.7. The van der Waals surface area contributed by atoms with Gasteiger partial charge >= 0.3 is 17.9 Å². The third kappa shape index (κ3) is 7.25. The standard InChI is InChI=1S/C21H27NO9/c1-11-6-8-16(9-7-11)30-21-18(22-12(2)23)20(29-15(5)26)19(28-14(4)25)17(31-21)10-27-13(3)24/h6-9,17-21H,10H2,1-5H3,(H,22,23)/t17-,18+,19-,20-,21+/m0/s1. The van der Waals surface area contributed by atoms with Crippen LogP contribution in [-0.2, 0) is 38.1 Å². The van der Waals surface area contributed by atoms with Crippen molar-refractivity contribution >= 4 is 23.8 Å². The van der Waals surface area contributed by atoms with Crippen molar-refractivity contribution in [2.24, 2.45) is 0 Å². The zero-order chi connectivity index (χ0) is 23.1. The van der Waals surface area contributed by atoms with Crippen LogP contribution in [0.4, 0.5) is 0 Å². The number of hydrogen-bond acceptors (Lipinski definition) is 9. The molecule has 0 unspecified atom stereocenters. The Kier molecular flexibility index (Phi) is 8.38. The third-order valence-electron chi connectivity index (χ3n) is 4.34. The van der Waals surface area contributed by atoms with Gasteiger partial charge in [-0.15, -0.1) is 0 Å². The lowest BCUT2D eigenvalue weighted by molar-refractivity contribution is -0.257. The molecule has 1 N–H and O–H groups in total. The zero-order valence-corrected chi connectivity index (χ0v) is 18.1. The van der Waals surface area contributed by atoms with Crippen LogP contribution in [0.5, 0.6) is 5.75 Å². The second-order valence-corrected chi connectivity index (χ2v) is 7.15. The number of aryl methyl sites for hydroxylation is 1. The highest BCUT2D eigenvalue weighted by molar-refractivity contribution is 5.73. The van der Waals surface area contributed by atoms with E-state index in [9.17, 15) is 19.2 Å². The Labute approximate surface area is 180 Å². The molecule has 5 atom stereocenters. The third-order valence-corrected chi connectivity index (χ3v) is 4.34. The van der Waals surface area contributed by atoms with Crippen molar-refractivity contribution < 1.29 is 42.9 Å². The smallest absolute Gasteiger partial charge is 0.303 e. The number of nitrogens with one attached hydrogen (secondary N) is 1. The predicted octanol–water partition coefficient (Wildman–Crippen LogP) is 1.03. The molecule has 0 bridgehead atoms. The largest absolute Gasteiger partial charge is 0.463 e. The molecule has 0 aliphatic carbocycles. The van der Waals surface area contributed by atoms with E-state index in [1.54, 1.807) is 12.1 Å². The van der Waals surface area contributed by atoms with Crippen LogP contribution >= 0.6 is 0 Å². The molecular formula is C21H27NO9. The van der Waals surface area contributed by atoms with E-state index in [0.717, 1.165) is 5.56 Å². The minimum absolute atomic E-state index is 0.286. The maximum absolute atomic E-state index is 11.9. The number of amides is 1. The van der Waals surface area contributed by atoms with Crippen LogP contribution < -0.4 is 10.1 Å². The maximum atomic E-state index is 11.9. The first-order valence-electron chi connectivity index (χ1n) is 9.70. The summed E-state index contributed by atoms with van der Waals surface area (Å²) >= 11 is 0. The number of carbonyl (C=O) groups excluding carboxylic acids is 4. The number of hydrogen-bond donors (Lipinski definition) is 1. The number of esters is 3. The lowest BCUT2D eigenvalue weighted by Crippen LogP contribution is -2.67. The zero-order valence-electron chi connectivity index (χ0n) is 18.1. The number of rotatable bonds is 7. The van der Waals surface area contributed by atoms with Crippen molar-refractivity contribution in [2.75, 3.05) is 6.61 Å². The molecule has 1 aromatic rings. The second-order valence-electron chi connectivity index (χ2n) is 7.15. The highest BCUT2D eigenvalue weighted by Gasteiger charge is 2.51. The number of ether oxygens (including phenoxy) is 5. The molecule has 1 aliphatic heterocycles. The topological polar surface area (TPSA) is 126 Å². The molecule has 1 aliphatic rings. The quantitative estimate of drug-likeness (QED) is 0.491. The molecule has 1 fully saturated rings. The van der Waals surface area contributed by atoms with Gasteiger partial charge in [-0.2, -0.15) is 0 Å². The Morgan fingerprint density at radius 1 is 0.903 bits per heavy atom. The van der Waals surface area contributed by atoms with Crippen LogP contribution in [0.3, 0.4) is 0 Å². The van der Waals surface area contributed by atoms with Crippen molar-refractivity contribution in [3.05, 3.63) is 29.8 Å². The lowest BCUT2D eigenvalue weighted by Gasteiger charge is -2.44. The highest BCUT2D eigenvalue weighted by atomic mass is 16.7. The molecule has 0 aromatic heterocycles. The maximum Gasteiger partial charge on any atom is 0.303 e. The van der Waals surface area contributed by atoms with Gasteiger partial charge in [0.1, 0.15) is 24.5 Å². The van der Waals surface area contributed by atoms with E-state index in [4.69, 9.17) is 23.7 Å². The molecule has 1 heterocycles. The van der Waals surface area contributed by atoms with Crippen molar-refractivity contribution in [1.82, 2.24) is 5.32 Å². The van der Waals surface area contributed by atoms with Gasteiger partial charge in [0, 0.05) is 27.7 Å². The molecule has 1 aromatic carbocycles. The van der Waals surface area contributed by atoms with Gasteiger partial charge in [-0.25, -0.2) is 0 Å². The Balaban J connectivity index is 2.43. The van der Waals surface area contributed by atoms with Crippen molar-refractivity contribution in [3.8, 4) is 5.75 Å². The summed E-state index contributed by atoms with van der Waals surface area (Å²) in [6.45, 7) is 6.48. The van der Waals surface area contributed by atoms with Crippen LogP contribution in [0.1, 0.15) is 33.3 Å². The average molecular weight is 437 g/mol. The molecule has 0 spiro atoms. The van der Waals surface area contributed by atoms with E-state index in [1.165, 1.54) is 27.7 Å². The first kappa shape index (κ1) is 24.1. The fraction of sp³-hybridized carbons (Fsp3) is 0.524. The normalized spacial score (nSPS) is 25.1. The molecule has 10 nitrogen and oxygen atoms in total. The van der Waals surface area contributed by atoms with E-state index in [-0.39, 0.29) is 6.61 Å². The SMILES string of the molecule is CC(=O)N[C@H]1[C@H](Oc2ccc(C)cc2)O[C@@H](COC(C)=O)[C@H](OC(C)=O)[C@H]1OC(C)=O. The number of carbonyl (C=O) groups is 4. The van der Waals surface area contributed by atoms with Crippen LogP contribution in [0.15, 0.2) is 24.3 Å². The average Bonchev–Trinajstić information content (AvgIpc) is 2.65. The van der Waals surface area contributed by atoms with E-state index in [0.29, 0.717) is 5.75 Å². The minimum Gasteiger partial charge on any atom is -0.463 e. The summed E-state index contributed by atoms with van der Waals surface area (Å²) in [6, 6.07) is 6.06. The van der Waals surface area contributed by atoms with Gasteiger partial charge in [0.2, 0.25) is 12.2 Å². The van der Waals surface area contributed by atoms with Gasteiger partial charge in [-0.3, -0.25) is 19.2 Å². The molecular weight excluding hydrogens is 410 g/mol. The minimum atomic E-state index is -1.16. The molecule has 0 saturated carbocycles. The second kappa shape index (κ2) is 10.8. The first-order chi connectivity index (χ1) is 14.6. The predicted molar refractivity (Wildman–Crippen MR) is 106 cm³/mol. The van der Waals surface area contributed by atoms with Crippen LogP contribution in [0, 0.1) is 6.92 Å². The number of benzene rings is 1. The Morgan fingerprint density at radius 3 is 2.00 bits per heavy atom. The van der Waals surface area contributed by atoms with E-state index in [2.05, 4.69) is 5.32 Å². The molecule has 31 heavy (non-hydrogen) atoms. The highest BCUT2D eigenvalue weighted by Crippen LogP contribution is 2.29. The van der Waals surface area contributed by atoms with Gasteiger partial charge in [0.25, 0.3) is 0 Å². The van der Waals surface area contributed by atoms with Crippen LogP contribution in [0.25, 0.3) is 0 Å². The van der Waals surface area contributed by atoms with Crippen molar-refractivity contribution in [2.45, 2.75) is 65.3 Å². The van der Waals surface area contributed by atoms with E-state index in [1.807, 2.05) is 19.1 Å². The summed E-state index contributed by atoms with van der Waals surface area (Å²) in [5.74, 6) is -1.92. The van der Waals surface area contributed by atoms with Gasteiger partial charge in [-0.1, -0.05) is 17.7 Å². The summed E-state index contributed by atoms with van der Waals surface area (Å²) < 4.78 is 27.6. The van der Waals surface area contributed by atoms with Gasteiger partial charge < -0.3 is 29.0 Å². The first-order valence-corrected chi connectivity index (χ1v) is 9.70. The Bertz CT molecular complexity index is 808. The molecule has 0 radical (unpaired) electrons. The van der Waals surface area contributed by atoms with E-state index < -0.39 is 54.5 Å². The monoisotopic (exact) mass is 437 g/mol. The molecule has 2 rings (SSSR count). The summed E-state index contributed by atoms with van der Waals surface area (Å²) in [5.41, 5.74) is 1.01. The molecule has 1 amide bonds. The summed E-state index contributed by atoms with van der Waals surface area (Å²) in [7, 11) is 0. The van der Waals surface area contributed by atoms with E-state index >= 15 is 0 Å². The lowest BCUT2D eigenvalue weighted by atomic mass is 9.96. The van der Waals surface area contributed by atoms with Gasteiger partial charge in [0.05, 0.1) is 0 Å². The van der Waals surface area contributed by atoms with Crippen molar-refractivity contribution in [3.63, 3.8) is 0 Å². The van der Waals surface area contributed by atoms with Crippen LogP contribution in [0.2, 0.25) is 0 Å². The molecule has 170 valence electrons. The van der Waals surface area contributed by atoms with Crippen molar-refractivity contribution in [1.29, 1.82) is 0 Å².